The Balaban J connectivity index is 3.02. The maximum Gasteiger partial charge on any atom is 0.00390 e. The highest BCUT2D eigenvalue weighted by Crippen LogP contribution is 2.02. The Morgan fingerprint density at radius 2 is 2.18 bits per heavy atom. The van der Waals surface area contributed by atoms with E-state index in [9.17, 15) is 0 Å². The van der Waals surface area contributed by atoms with Crippen LogP contribution in [0, 0.1) is 0 Å². The minimum atomic E-state index is 0.710. The van der Waals surface area contributed by atoms with E-state index >= 15 is 0 Å². The van der Waals surface area contributed by atoms with Crippen molar-refractivity contribution in [2.24, 2.45) is 0 Å². The third-order valence-electron chi connectivity index (χ3n) is 1.73. The van der Waals surface area contributed by atoms with Crippen molar-refractivity contribution in [3.63, 3.8) is 0 Å². The van der Waals surface area contributed by atoms with Crippen molar-refractivity contribution >= 4 is 11.8 Å². The molecule has 0 fully saturated rings. The lowest BCUT2D eigenvalue weighted by atomic mass is 10.2. The van der Waals surface area contributed by atoms with E-state index in [0.717, 1.165) is 0 Å². The lowest BCUT2D eigenvalue weighted by Gasteiger charge is -2.11. The molecule has 1 nitrogen and oxygen atoms in total. The molecule has 0 rings (SSSR count). The SMILES string of the molecule is CCCNC(C)CCCSC. The zero-order valence-corrected chi connectivity index (χ0v) is 8.84. The summed E-state index contributed by atoms with van der Waals surface area (Å²) in [5.74, 6) is 1.30. The second-order valence-electron chi connectivity index (χ2n) is 2.99. The lowest BCUT2D eigenvalue weighted by Crippen LogP contribution is -2.26. The Morgan fingerprint density at radius 1 is 1.45 bits per heavy atom. The van der Waals surface area contributed by atoms with Crippen molar-refractivity contribution in [1.82, 2.24) is 5.32 Å². The maximum atomic E-state index is 3.48. The summed E-state index contributed by atoms with van der Waals surface area (Å²) in [7, 11) is 0. The summed E-state index contributed by atoms with van der Waals surface area (Å²) < 4.78 is 0. The van der Waals surface area contributed by atoms with Gasteiger partial charge in [0.2, 0.25) is 0 Å². The topological polar surface area (TPSA) is 12.0 Å². The van der Waals surface area contributed by atoms with E-state index in [1.807, 2.05) is 11.8 Å². The summed E-state index contributed by atoms with van der Waals surface area (Å²) in [6.07, 6.45) is 6.08. The molecule has 0 saturated heterocycles. The van der Waals surface area contributed by atoms with E-state index in [-0.39, 0.29) is 0 Å². The molecular formula is C9H21NS. The highest BCUT2D eigenvalue weighted by Gasteiger charge is 1.98. The predicted molar refractivity (Wildman–Crippen MR) is 55.4 cm³/mol. The van der Waals surface area contributed by atoms with Gasteiger partial charge in [0.1, 0.15) is 0 Å². The van der Waals surface area contributed by atoms with Gasteiger partial charge in [0.25, 0.3) is 0 Å². The first-order chi connectivity index (χ1) is 5.31. The molecule has 0 spiro atoms. The molecule has 1 N–H and O–H groups in total. The zero-order valence-electron chi connectivity index (χ0n) is 8.02. The van der Waals surface area contributed by atoms with Crippen LogP contribution in [0.25, 0.3) is 0 Å². The van der Waals surface area contributed by atoms with Gasteiger partial charge in [-0.15, -0.1) is 0 Å². The molecule has 68 valence electrons. The van der Waals surface area contributed by atoms with E-state index < -0.39 is 0 Å². The van der Waals surface area contributed by atoms with Gasteiger partial charge < -0.3 is 5.32 Å². The van der Waals surface area contributed by atoms with Gasteiger partial charge in [0, 0.05) is 6.04 Å². The molecule has 0 aliphatic heterocycles. The second kappa shape index (κ2) is 8.41. The van der Waals surface area contributed by atoms with Crippen LogP contribution in [0.15, 0.2) is 0 Å². The average molecular weight is 175 g/mol. The van der Waals surface area contributed by atoms with Crippen molar-refractivity contribution in [2.45, 2.75) is 39.2 Å². The Hall–Kier alpha value is 0.310. The van der Waals surface area contributed by atoms with Crippen LogP contribution >= 0.6 is 11.8 Å². The summed E-state index contributed by atoms with van der Waals surface area (Å²) in [6.45, 7) is 5.65. The third-order valence-corrected chi connectivity index (χ3v) is 2.43. The molecule has 0 aromatic heterocycles. The van der Waals surface area contributed by atoms with Gasteiger partial charge in [-0.3, -0.25) is 0 Å². The Morgan fingerprint density at radius 3 is 2.73 bits per heavy atom. The van der Waals surface area contributed by atoms with Crippen LogP contribution in [0.5, 0.6) is 0 Å². The lowest BCUT2D eigenvalue weighted by molar-refractivity contribution is 0.510. The average Bonchev–Trinajstić information content (AvgIpc) is 2.01. The Bertz CT molecular complexity index is 76.0. The van der Waals surface area contributed by atoms with Gasteiger partial charge in [-0.2, -0.15) is 11.8 Å². The van der Waals surface area contributed by atoms with E-state index in [1.165, 1.54) is 31.6 Å². The molecule has 0 saturated carbocycles. The molecular weight excluding hydrogens is 154 g/mol. The first-order valence-electron chi connectivity index (χ1n) is 4.53. The van der Waals surface area contributed by atoms with Gasteiger partial charge >= 0.3 is 0 Å². The molecule has 11 heavy (non-hydrogen) atoms. The van der Waals surface area contributed by atoms with Crippen LogP contribution in [0.2, 0.25) is 0 Å². The molecule has 0 radical (unpaired) electrons. The van der Waals surface area contributed by atoms with E-state index in [4.69, 9.17) is 0 Å². The fourth-order valence-electron chi connectivity index (χ4n) is 1.03. The first-order valence-corrected chi connectivity index (χ1v) is 5.93. The van der Waals surface area contributed by atoms with Crippen molar-refractivity contribution in [1.29, 1.82) is 0 Å². The van der Waals surface area contributed by atoms with Gasteiger partial charge in [0.05, 0.1) is 0 Å². The van der Waals surface area contributed by atoms with Crippen molar-refractivity contribution in [3.8, 4) is 0 Å². The predicted octanol–water partition coefficient (Wildman–Crippen LogP) is 2.52. The molecule has 0 heterocycles. The molecule has 1 atom stereocenters. The van der Waals surface area contributed by atoms with Gasteiger partial charge in [-0.25, -0.2) is 0 Å². The smallest absolute Gasteiger partial charge is 0.00390 e. The van der Waals surface area contributed by atoms with Crippen molar-refractivity contribution in [3.05, 3.63) is 0 Å². The largest absolute Gasteiger partial charge is 0.314 e. The van der Waals surface area contributed by atoms with Crippen LogP contribution < -0.4 is 5.32 Å². The summed E-state index contributed by atoms with van der Waals surface area (Å²) in [6, 6.07) is 0.710. The Labute approximate surface area is 75.3 Å². The van der Waals surface area contributed by atoms with E-state index in [2.05, 4.69) is 25.4 Å². The third kappa shape index (κ3) is 8.21. The van der Waals surface area contributed by atoms with Gasteiger partial charge in [-0.05, 0) is 44.7 Å². The number of hydrogen-bond donors (Lipinski definition) is 1. The molecule has 0 aliphatic rings. The van der Waals surface area contributed by atoms with Gasteiger partial charge in [0.15, 0.2) is 0 Å². The molecule has 0 aromatic carbocycles. The maximum absolute atomic E-state index is 3.48. The summed E-state index contributed by atoms with van der Waals surface area (Å²) in [4.78, 5) is 0. The first kappa shape index (κ1) is 11.3. The van der Waals surface area contributed by atoms with Crippen molar-refractivity contribution < 1.29 is 0 Å². The zero-order chi connectivity index (χ0) is 8.53. The summed E-state index contributed by atoms with van der Waals surface area (Å²) in [5.41, 5.74) is 0. The Kier molecular flexibility index (Phi) is 8.64. The normalized spacial score (nSPS) is 13.4. The quantitative estimate of drug-likeness (QED) is 0.597. The summed E-state index contributed by atoms with van der Waals surface area (Å²) in [5, 5.41) is 3.48. The fourth-order valence-corrected chi connectivity index (χ4v) is 1.48. The minimum absolute atomic E-state index is 0.710. The molecule has 0 aliphatic carbocycles. The molecule has 0 bridgehead atoms. The summed E-state index contributed by atoms with van der Waals surface area (Å²) >= 11 is 1.94. The van der Waals surface area contributed by atoms with Crippen LogP contribution in [-0.4, -0.2) is 24.6 Å². The number of hydrogen-bond acceptors (Lipinski definition) is 2. The monoisotopic (exact) mass is 175 g/mol. The minimum Gasteiger partial charge on any atom is -0.314 e. The van der Waals surface area contributed by atoms with E-state index in [0.29, 0.717) is 6.04 Å². The standard InChI is InChI=1S/C9H21NS/c1-4-7-10-9(2)6-5-8-11-3/h9-10H,4-8H2,1-3H3. The highest BCUT2D eigenvalue weighted by atomic mass is 32.2. The van der Waals surface area contributed by atoms with Crippen LogP contribution in [0.1, 0.15) is 33.1 Å². The fraction of sp³-hybridized carbons (Fsp3) is 1.00. The number of thioether (sulfide) groups is 1. The molecule has 2 heteroatoms. The van der Waals surface area contributed by atoms with Crippen LogP contribution in [0.4, 0.5) is 0 Å². The second-order valence-corrected chi connectivity index (χ2v) is 3.98. The molecule has 0 amide bonds. The van der Waals surface area contributed by atoms with Crippen LogP contribution in [-0.2, 0) is 0 Å². The molecule has 0 aromatic rings. The number of rotatable bonds is 7. The van der Waals surface area contributed by atoms with Gasteiger partial charge in [-0.1, -0.05) is 6.92 Å². The number of nitrogens with one attached hydrogen (secondary N) is 1. The highest BCUT2D eigenvalue weighted by molar-refractivity contribution is 7.98. The van der Waals surface area contributed by atoms with Crippen molar-refractivity contribution in [2.75, 3.05) is 18.6 Å². The molecule has 1 unspecified atom stereocenters. The van der Waals surface area contributed by atoms with E-state index in [1.54, 1.807) is 0 Å². The van der Waals surface area contributed by atoms with Crippen LogP contribution in [0.3, 0.4) is 0 Å².